The van der Waals surface area contributed by atoms with Gasteiger partial charge < -0.3 is 14.8 Å². The van der Waals surface area contributed by atoms with Crippen molar-refractivity contribution >= 4 is 11.7 Å². The molecule has 1 aromatic rings. The van der Waals surface area contributed by atoms with Crippen LogP contribution in [0.1, 0.15) is 57.6 Å². The number of ketones is 1. The van der Waals surface area contributed by atoms with E-state index in [4.69, 9.17) is 9.47 Å². The van der Waals surface area contributed by atoms with Crippen molar-refractivity contribution in [3.63, 3.8) is 0 Å². The summed E-state index contributed by atoms with van der Waals surface area (Å²) in [4.78, 5) is 25.9. The smallest absolute Gasteiger partial charge is 0.217 e. The van der Waals surface area contributed by atoms with Crippen LogP contribution in [0, 0.1) is 5.92 Å². The van der Waals surface area contributed by atoms with E-state index in [0.29, 0.717) is 0 Å². The lowest BCUT2D eigenvalue weighted by Gasteiger charge is -2.42. The molecule has 1 saturated heterocycles. The zero-order valence-corrected chi connectivity index (χ0v) is 15.9. The Labute approximate surface area is 155 Å². The van der Waals surface area contributed by atoms with Crippen LogP contribution in [0.5, 0.6) is 0 Å². The number of benzene rings is 1. The fourth-order valence-electron chi connectivity index (χ4n) is 4.77. The minimum absolute atomic E-state index is 0.0662. The van der Waals surface area contributed by atoms with E-state index in [1.807, 2.05) is 30.3 Å². The first kappa shape index (κ1) is 19.1. The van der Waals surface area contributed by atoms with Crippen LogP contribution in [0.2, 0.25) is 0 Å². The Balaban J connectivity index is 2.13. The van der Waals surface area contributed by atoms with E-state index in [1.165, 1.54) is 13.3 Å². The topological polar surface area (TPSA) is 64.6 Å². The summed E-state index contributed by atoms with van der Waals surface area (Å²) in [7, 11) is 1.57. The predicted octanol–water partition coefficient (Wildman–Crippen LogP) is 3.19. The van der Waals surface area contributed by atoms with Crippen molar-refractivity contribution < 1.29 is 19.1 Å². The van der Waals surface area contributed by atoms with Crippen LogP contribution in [0.15, 0.2) is 30.3 Å². The molecular formula is C21H29NO4. The molecule has 3 unspecified atom stereocenters. The number of methoxy groups -OCH3 is 1. The standard InChI is InChI=1S/C21H29NO4/c1-15(23)22-21(17-12-8-5-9-13-17)18(16-10-6-4-7-11-16)26-20(2,14-25-3)19(21)24/h4,6-7,10-11,17-18H,5,8-9,12-14H2,1-3H3,(H,22,23). The van der Waals surface area contributed by atoms with Crippen molar-refractivity contribution in [1.29, 1.82) is 0 Å². The van der Waals surface area contributed by atoms with Crippen molar-refractivity contribution in [2.45, 2.75) is 63.2 Å². The summed E-state index contributed by atoms with van der Waals surface area (Å²) in [6.45, 7) is 3.43. The maximum atomic E-state index is 13.7. The van der Waals surface area contributed by atoms with Crippen LogP contribution in [0.4, 0.5) is 0 Å². The number of amides is 1. The minimum Gasteiger partial charge on any atom is -0.381 e. The van der Waals surface area contributed by atoms with Crippen molar-refractivity contribution in [2.24, 2.45) is 5.92 Å². The van der Waals surface area contributed by atoms with Gasteiger partial charge >= 0.3 is 0 Å². The Bertz CT molecular complexity index is 655. The van der Waals surface area contributed by atoms with Crippen molar-refractivity contribution in [1.82, 2.24) is 5.32 Å². The predicted molar refractivity (Wildman–Crippen MR) is 98.7 cm³/mol. The summed E-state index contributed by atoms with van der Waals surface area (Å²) in [6.07, 6.45) is 4.64. The van der Waals surface area contributed by atoms with E-state index in [-0.39, 0.29) is 24.2 Å². The molecular weight excluding hydrogens is 330 g/mol. The Hall–Kier alpha value is -1.72. The highest BCUT2D eigenvalue weighted by Gasteiger charge is 2.65. The van der Waals surface area contributed by atoms with Gasteiger partial charge in [0.2, 0.25) is 5.91 Å². The zero-order chi connectivity index (χ0) is 18.8. The van der Waals surface area contributed by atoms with E-state index in [9.17, 15) is 9.59 Å². The zero-order valence-electron chi connectivity index (χ0n) is 15.9. The molecule has 1 aliphatic heterocycles. The van der Waals surface area contributed by atoms with Gasteiger partial charge in [0, 0.05) is 14.0 Å². The molecule has 26 heavy (non-hydrogen) atoms. The molecule has 0 spiro atoms. The molecule has 5 nitrogen and oxygen atoms in total. The van der Waals surface area contributed by atoms with E-state index < -0.39 is 17.2 Å². The summed E-state index contributed by atoms with van der Waals surface area (Å²) < 4.78 is 11.7. The van der Waals surface area contributed by atoms with Gasteiger partial charge in [-0.3, -0.25) is 9.59 Å². The second kappa shape index (κ2) is 7.49. The molecule has 1 aromatic carbocycles. The lowest BCUT2D eigenvalue weighted by atomic mass is 9.67. The van der Waals surface area contributed by atoms with Crippen molar-refractivity contribution in [3.8, 4) is 0 Å². The number of nitrogens with one attached hydrogen (secondary N) is 1. The van der Waals surface area contributed by atoms with Gasteiger partial charge in [-0.05, 0) is 31.2 Å². The molecule has 2 aliphatic rings. The fourth-order valence-corrected chi connectivity index (χ4v) is 4.77. The van der Waals surface area contributed by atoms with E-state index in [1.54, 1.807) is 14.0 Å². The molecule has 0 bridgehead atoms. The van der Waals surface area contributed by atoms with Gasteiger partial charge in [0.1, 0.15) is 17.2 Å². The first-order valence-electron chi connectivity index (χ1n) is 9.49. The fraction of sp³-hybridized carbons (Fsp3) is 0.619. The van der Waals surface area contributed by atoms with Gasteiger partial charge in [-0.15, -0.1) is 0 Å². The van der Waals surface area contributed by atoms with Crippen LogP contribution in [0.3, 0.4) is 0 Å². The number of carbonyl (C=O) groups is 2. The number of carbonyl (C=O) groups excluding carboxylic acids is 2. The van der Waals surface area contributed by atoms with Crippen LogP contribution in [0.25, 0.3) is 0 Å². The average Bonchev–Trinajstić information content (AvgIpc) is 2.86. The van der Waals surface area contributed by atoms with Crippen molar-refractivity contribution in [2.75, 3.05) is 13.7 Å². The van der Waals surface area contributed by atoms with E-state index >= 15 is 0 Å². The highest BCUT2D eigenvalue weighted by atomic mass is 16.6. The third kappa shape index (κ3) is 3.19. The summed E-state index contributed by atoms with van der Waals surface area (Å²) in [5, 5.41) is 3.07. The second-order valence-corrected chi connectivity index (χ2v) is 7.79. The van der Waals surface area contributed by atoms with Crippen molar-refractivity contribution in [3.05, 3.63) is 35.9 Å². The number of hydrogen-bond acceptors (Lipinski definition) is 4. The highest BCUT2D eigenvalue weighted by molar-refractivity contribution is 6.01. The maximum Gasteiger partial charge on any atom is 0.217 e. The van der Waals surface area contributed by atoms with E-state index in [2.05, 4.69) is 5.32 Å². The van der Waals surface area contributed by atoms with E-state index in [0.717, 1.165) is 31.2 Å². The largest absolute Gasteiger partial charge is 0.381 e. The van der Waals surface area contributed by atoms with Gasteiger partial charge in [-0.25, -0.2) is 0 Å². The molecule has 1 amide bonds. The summed E-state index contributed by atoms with van der Waals surface area (Å²) in [6, 6.07) is 9.75. The molecule has 142 valence electrons. The number of ether oxygens (including phenoxy) is 2. The Morgan fingerprint density at radius 3 is 2.46 bits per heavy atom. The quantitative estimate of drug-likeness (QED) is 0.877. The molecule has 2 fully saturated rings. The second-order valence-electron chi connectivity index (χ2n) is 7.79. The Kier molecular flexibility index (Phi) is 5.49. The van der Waals surface area contributed by atoms with Crippen LogP contribution in [-0.2, 0) is 19.1 Å². The number of Topliss-reactive ketones (excluding diaryl/α,β-unsaturated/α-hetero) is 1. The SMILES string of the molecule is COCC1(C)OC(c2ccccc2)C(NC(C)=O)(C2CCCCC2)C1=O. The first-order valence-corrected chi connectivity index (χ1v) is 9.49. The molecule has 3 rings (SSSR count). The Morgan fingerprint density at radius 1 is 1.23 bits per heavy atom. The van der Waals surface area contributed by atoms with Crippen LogP contribution < -0.4 is 5.32 Å². The first-order chi connectivity index (χ1) is 12.4. The molecule has 1 N–H and O–H groups in total. The molecule has 5 heteroatoms. The summed E-state index contributed by atoms with van der Waals surface area (Å²) >= 11 is 0. The summed E-state index contributed by atoms with van der Waals surface area (Å²) in [5.74, 6) is -0.200. The molecule has 1 aliphatic carbocycles. The molecule has 1 saturated carbocycles. The van der Waals surface area contributed by atoms with Gasteiger partial charge in [0.25, 0.3) is 0 Å². The van der Waals surface area contributed by atoms with Gasteiger partial charge in [-0.1, -0.05) is 49.6 Å². The van der Waals surface area contributed by atoms with Gasteiger partial charge in [-0.2, -0.15) is 0 Å². The van der Waals surface area contributed by atoms with Crippen LogP contribution >= 0.6 is 0 Å². The summed E-state index contributed by atoms with van der Waals surface area (Å²) in [5.41, 5.74) is -1.20. The third-order valence-electron chi connectivity index (χ3n) is 5.80. The van der Waals surface area contributed by atoms with Gasteiger partial charge in [0.05, 0.1) is 6.61 Å². The monoisotopic (exact) mass is 359 g/mol. The molecule has 3 atom stereocenters. The third-order valence-corrected chi connectivity index (χ3v) is 5.80. The minimum atomic E-state index is -1.07. The van der Waals surface area contributed by atoms with Crippen LogP contribution in [-0.4, -0.2) is 36.5 Å². The highest BCUT2D eigenvalue weighted by Crippen LogP contribution is 2.51. The number of rotatable bonds is 5. The average molecular weight is 359 g/mol. The lowest BCUT2D eigenvalue weighted by Crippen LogP contribution is -2.62. The maximum absolute atomic E-state index is 13.7. The molecule has 1 heterocycles. The normalized spacial score (nSPS) is 32.6. The van der Waals surface area contributed by atoms with Gasteiger partial charge in [0.15, 0.2) is 5.78 Å². The lowest BCUT2D eigenvalue weighted by molar-refractivity contribution is -0.140. The molecule has 0 radical (unpaired) electrons. The molecule has 0 aromatic heterocycles. The Morgan fingerprint density at radius 2 is 1.88 bits per heavy atom. The number of hydrogen-bond donors (Lipinski definition) is 1.